The monoisotopic (exact) mass is 380 g/mol. The largest absolute Gasteiger partial charge is 0.452 e. The Bertz CT molecular complexity index is 722. The molecule has 0 atom stereocenters. The van der Waals surface area contributed by atoms with Gasteiger partial charge in [-0.05, 0) is 11.6 Å². The SMILES string of the molecule is O=C(OCC(=O)N1CCOC1=O)c1ccccc1CSC1=NCCS1. The molecule has 7 nitrogen and oxygen atoms in total. The number of aliphatic imine (C=N–C) groups is 1. The molecule has 0 spiro atoms. The number of hydrogen-bond donors (Lipinski definition) is 0. The zero-order valence-corrected chi connectivity index (χ0v) is 14.9. The van der Waals surface area contributed by atoms with Crippen LogP contribution in [-0.4, -0.2) is 59.3 Å². The highest BCUT2D eigenvalue weighted by Crippen LogP contribution is 2.26. The van der Waals surface area contributed by atoms with E-state index in [-0.39, 0.29) is 13.2 Å². The van der Waals surface area contributed by atoms with Crippen molar-refractivity contribution in [1.29, 1.82) is 0 Å². The van der Waals surface area contributed by atoms with Crippen LogP contribution in [-0.2, 0) is 20.0 Å². The summed E-state index contributed by atoms with van der Waals surface area (Å²) in [7, 11) is 0. The molecule has 1 aromatic rings. The first-order valence-electron chi connectivity index (χ1n) is 7.67. The average molecular weight is 380 g/mol. The minimum absolute atomic E-state index is 0.167. The highest BCUT2D eigenvalue weighted by Gasteiger charge is 2.29. The van der Waals surface area contributed by atoms with E-state index in [4.69, 9.17) is 4.74 Å². The van der Waals surface area contributed by atoms with Crippen molar-refractivity contribution in [3.63, 3.8) is 0 Å². The van der Waals surface area contributed by atoms with Gasteiger partial charge in [0.15, 0.2) is 6.61 Å². The zero-order valence-electron chi connectivity index (χ0n) is 13.3. The summed E-state index contributed by atoms with van der Waals surface area (Å²) in [6.07, 6.45) is -0.701. The molecule has 0 unspecified atom stereocenters. The van der Waals surface area contributed by atoms with Crippen LogP contribution in [0.4, 0.5) is 4.79 Å². The fourth-order valence-electron chi connectivity index (χ4n) is 2.29. The number of rotatable bonds is 5. The van der Waals surface area contributed by atoms with Gasteiger partial charge in [-0.2, -0.15) is 0 Å². The molecule has 1 fully saturated rings. The summed E-state index contributed by atoms with van der Waals surface area (Å²) in [5.41, 5.74) is 1.23. The molecule has 1 aromatic carbocycles. The van der Waals surface area contributed by atoms with Gasteiger partial charge in [-0.25, -0.2) is 14.5 Å². The van der Waals surface area contributed by atoms with E-state index in [2.05, 4.69) is 9.73 Å². The van der Waals surface area contributed by atoms with Gasteiger partial charge in [0, 0.05) is 11.5 Å². The molecule has 9 heteroatoms. The maximum absolute atomic E-state index is 12.3. The number of carbonyl (C=O) groups excluding carboxylic acids is 3. The molecule has 0 N–H and O–H groups in total. The fourth-order valence-corrected chi connectivity index (χ4v) is 4.30. The molecule has 2 amide bonds. The third-order valence-corrected chi connectivity index (χ3v) is 5.84. The number of hydrogen-bond acceptors (Lipinski definition) is 8. The maximum atomic E-state index is 12.3. The molecule has 132 valence electrons. The molecule has 2 aliphatic rings. The summed E-state index contributed by atoms with van der Waals surface area (Å²) >= 11 is 3.29. The lowest BCUT2D eigenvalue weighted by atomic mass is 10.1. The number of carbonyl (C=O) groups is 3. The lowest BCUT2D eigenvalue weighted by molar-refractivity contribution is -0.131. The van der Waals surface area contributed by atoms with E-state index >= 15 is 0 Å². The van der Waals surface area contributed by atoms with E-state index in [0.29, 0.717) is 11.3 Å². The predicted molar refractivity (Wildman–Crippen MR) is 95.8 cm³/mol. The van der Waals surface area contributed by atoms with Crippen molar-refractivity contribution in [2.45, 2.75) is 5.75 Å². The Labute approximate surface area is 153 Å². The Morgan fingerprint density at radius 3 is 2.92 bits per heavy atom. The van der Waals surface area contributed by atoms with E-state index in [1.54, 1.807) is 35.7 Å². The first kappa shape index (κ1) is 17.8. The standard InChI is InChI=1S/C16H16N2O5S2/c19-13(18-6-7-22-16(18)21)9-23-14(20)12-4-2-1-3-11(12)10-25-15-17-5-8-24-15/h1-4H,5-10H2. The van der Waals surface area contributed by atoms with Crippen LogP contribution in [0.2, 0.25) is 0 Å². The topological polar surface area (TPSA) is 85.3 Å². The summed E-state index contributed by atoms with van der Waals surface area (Å²) in [5, 5.41) is 0. The smallest absolute Gasteiger partial charge is 0.416 e. The van der Waals surface area contributed by atoms with Crippen molar-refractivity contribution < 1.29 is 23.9 Å². The highest BCUT2D eigenvalue weighted by atomic mass is 32.2. The quantitative estimate of drug-likeness (QED) is 0.724. The van der Waals surface area contributed by atoms with Crippen molar-refractivity contribution in [2.24, 2.45) is 4.99 Å². The summed E-state index contributed by atoms with van der Waals surface area (Å²) in [6.45, 7) is 0.693. The van der Waals surface area contributed by atoms with Gasteiger partial charge in [-0.3, -0.25) is 9.79 Å². The predicted octanol–water partition coefficient (Wildman–Crippen LogP) is 2.16. The summed E-state index contributed by atoms with van der Waals surface area (Å²) < 4.78 is 10.8. The first-order valence-corrected chi connectivity index (χ1v) is 9.64. The van der Waals surface area contributed by atoms with E-state index in [1.807, 2.05) is 12.1 Å². The van der Waals surface area contributed by atoms with Gasteiger partial charge in [-0.15, -0.1) is 0 Å². The second-order valence-electron chi connectivity index (χ2n) is 5.18. The van der Waals surface area contributed by atoms with Crippen LogP contribution in [0.25, 0.3) is 0 Å². The van der Waals surface area contributed by atoms with Gasteiger partial charge < -0.3 is 9.47 Å². The lowest BCUT2D eigenvalue weighted by Crippen LogP contribution is -2.35. The molecule has 2 aliphatic heterocycles. The van der Waals surface area contributed by atoms with Crippen molar-refractivity contribution in [2.75, 3.05) is 32.1 Å². The second-order valence-corrected chi connectivity index (χ2v) is 7.48. The lowest BCUT2D eigenvalue weighted by Gasteiger charge is -2.12. The molecular weight excluding hydrogens is 364 g/mol. The summed E-state index contributed by atoms with van der Waals surface area (Å²) in [5.74, 6) is 0.425. The molecular formula is C16H16N2O5S2. The highest BCUT2D eigenvalue weighted by molar-refractivity contribution is 8.38. The average Bonchev–Trinajstić information content (AvgIpc) is 3.29. The number of thioether (sulfide) groups is 2. The van der Waals surface area contributed by atoms with E-state index in [1.165, 1.54) is 0 Å². The minimum atomic E-state index is -0.701. The third kappa shape index (κ3) is 4.55. The summed E-state index contributed by atoms with van der Waals surface area (Å²) in [6, 6.07) is 7.10. The van der Waals surface area contributed by atoms with Crippen molar-refractivity contribution >= 4 is 45.9 Å². The van der Waals surface area contributed by atoms with Crippen LogP contribution >= 0.6 is 23.5 Å². The number of nitrogens with zero attached hydrogens (tertiary/aromatic N) is 2. The van der Waals surface area contributed by atoms with Crippen LogP contribution in [0.3, 0.4) is 0 Å². The molecule has 0 bridgehead atoms. The van der Waals surface area contributed by atoms with Gasteiger partial charge in [-0.1, -0.05) is 41.7 Å². The minimum Gasteiger partial charge on any atom is -0.452 e. The molecule has 1 saturated heterocycles. The number of esters is 1. The van der Waals surface area contributed by atoms with Crippen LogP contribution in [0.5, 0.6) is 0 Å². The van der Waals surface area contributed by atoms with E-state index in [9.17, 15) is 14.4 Å². The Kier molecular flexibility index (Phi) is 5.98. The van der Waals surface area contributed by atoms with Crippen molar-refractivity contribution in [3.05, 3.63) is 35.4 Å². The van der Waals surface area contributed by atoms with Gasteiger partial charge in [0.05, 0.1) is 18.7 Å². The molecule has 3 rings (SSSR count). The number of amides is 2. The van der Waals surface area contributed by atoms with Gasteiger partial charge in [0.2, 0.25) is 0 Å². The number of imide groups is 1. The fraction of sp³-hybridized carbons (Fsp3) is 0.375. The maximum Gasteiger partial charge on any atom is 0.416 e. The Morgan fingerprint density at radius 1 is 1.36 bits per heavy atom. The van der Waals surface area contributed by atoms with Crippen molar-refractivity contribution in [3.8, 4) is 0 Å². The van der Waals surface area contributed by atoms with Gasteiger partial charge in [0.1, 0.15) is 11.0 Å². The molecule has 2 heterocycles. The van der Waals surface area contributed by atoms with Crippen LogP contribution in [0.1, 0.15) is 15.9 Å². The van der Waals surface area contributed by atoms with Gasteiger partial charge in [0.25, 0.3) is 5.91 Å². The number of ether oxygens (including phenoxy) is 2. The normalized spacial score (nSPS) is 16.6. The molecule has 0 aliphatic carbocycles. The van der Waals surface area contributed by atoms with Crippen LogP contribution < -0.4 is 0 Å². The summed E-state index contributed by atoms with van der Waals surface area (Å²) in [4.78, 5) is 40.8. The Hall–Kier alpha value is -2.00. The van der Waals surface area contributed by atoms with Gasteiger partial charge >= 0.3 is 12.1 Å². The molecule has 25 heavy (non-hydrogen) atoms. The number of benzene rings is 1. The molecule has 0 saturated carbocycles. The zero-order chi connectivity index (χ0) is 17.6. The van der Waals surface area contributed by atoms with E-state index < -0.39 is 24.6 Å². The van der Waals surface area contributed by atoms with E-state index in [0.717, 1.165) is 27.1 Å². The Balaban J connectivity index is 1.57. The van der Waals surface area contributed by atoms with Crippen LogP contribution in [0.15, 0.2) is 29.3 Å². The van der Waals surface area contributed by atoms with Crippen LogP contribution in [0, 0.1) is 0 Å². The number of cyclic esters (lactones) is 1. The first-order chi connectivity index (χ1) is 12.1. The van der Waals surface area contributed by atoms with Crippen molar-refractivity contribution in [1.82, 2.24) is 4.90 Å². The third-order valence-electron chi connectivity index (χ3n) is 3.53. The second kappa shape index (κ2) is 8.39. The molecule has 0 radical (unpaired) electrons. The Morgan fingerprint density at radius 2 is 2.20 bits per heavy atom. The molecule has 0 aromatic heterocycles.